The average molecular weight is 316 g/mol. The smallest absolute Gasteiger partial charge is 0.427 e. The highest BCUT2D eigenvalue weighted by Crippen LogP contribution is 2.37. The van der Waals surface area contributed by atoms with Crippen LogP contribution in [-0.2, 0) is 6.11 Å². The maximum absolute atomic E-state index is 14.7. The lowest BCUT2D eigenvalue weighted by Gasteiger charge is -2.23. The van der Waals surface area contributed by atoms with Crippen molar-refractivity contribution in [3.63, 3.8) is 0 Å². The lowest BCUT2D eigenvalue weighted by molar-refractivity contribution is -0.186. The van der Waals surface area contributed by atoms with Crippen LogP contribution in [0.25, 0.3) is 6.08 Å². The molecule has 0 aliphatic carbocycles. The molecule has 0 bridgehead atoms. The summed E-state index contributed by atoms with van der Waals surface area (Å²) in [5.74, 6) is 0.183. The van der Waals surface area contributed by atoms with E-state index in [1.54, 1.807) is 44.2 Å². The van der Waals surface area contributed by atoms with Crippen LogP contribution in [0.4, 0.5) is 8.78 Å². The Morgan fingerprint density at radius 1 is 0.870 bits per heavy atom. The third-order valence-electron chi connectivity index (χ3n) is 4.23. The van der Waals surface area contributed by atoms with Gasteiger partial charge in [-0.25, -0.2) is 0 Å². The minimum atomic E-state index is -3.39. The Kier molecular flexibility index (Phi) is 4.60. The number of aryl methyl sites for hydroxylation is 4. The van der Waals surface area contributed by atoms with E-state index in [2.05, 4.69) is 6.58 Å². The molecule has 0 N–H and O–H groups in total. The minimum Gasteiger partial charge on any atom is -0.429 e. The van der Waals surface area contributed by atoms with E-state index < -0.39 is 6.11 Å². The van der Waals surface area contributed by atoms with Gasteiger partial charge in [-0.1, -0.05) is 24.8 Å². The molecule has 0 saturated heterocycles. The van der Waals surface area contributed by atoms with Gasteiger partial charge in [0.1, 0.15) is 5.75 Å². The van der Waals surface area contributed by atoms with E-state index in [1.807, 2.05) is 20.8 Å². The van der Waals surface area contributed by atoms with Crippen molar-refractivity contribution in [1.29, 1.82) is 0 Å². The molecule has 0 fully saturated rings. The molecule has 0 radical (unpaired) electrons. The first-order valence-electron chi connectivity index (χ1n) is 7.54. The summed E-state index contributed by atoms with van der Waals surface area (Å²) < 4.78 is 34.5. The van der Waals surface area contributed by atoms with Crippen LogP contribution in [0.2, 0.25) is 0 Å². The van der Waals surface area contributed by atoms with Gasteiger partial charge in [0, 0.05) is 0 Å². The number of hydrogen-bond donors (Lipinski definition) is 0. The zero-order valence-electron chi connectivity index (χ0n) is 14.3. The van der Waals surface area contributed by atoms with Crippen LogP contribution in [0.5, 0.6) is 5.75 Å². The molecule has 0 aromatic heterocycles. The van der Waals surface area contributed by atoms with Crippen molar-refractivity contribution in [1.82, 2.24) is 0 Å². The van der Waals surface area contributed by atoms with Crippen molar-refractivity contribution in [3.8, 4) is 5.75 Å². The zero-order valence-corrected chi connectivity index (χ0v) is 14.3. The lowest BCUT2D eigenvalue weighted by Crippen LogP contribution is -2.24. The number of benzene rings is 2. The highest BCUT2D eigenvalue weighted by Gasteiger charge is 2.38. The first-order chi connectivity index (χ1) is 10.7. The second-order valence-electron chi connectivity index (χ2n) is 6.03. The molecule has 0 heterocycles. The Labute approximate surface area is 136 Å². The van der Waals surface area contributed by atoms with Crippen LogP contribution in [0, 0.1) is 34.6 Å². The van der Waals surface area contributed by atoms with Crippen molar-refractivity contribution in [2.24, 2.45) is 0 Å². The van der Waals surface area contributed by atoms with Crippen LogP contribution in [-0.4, -0.2) is 0 Å². The monoisotopic (exact) mass is 316 g/mol. The Morgan fingerprint density at radius 3 is 1.78 bits per heavy atom. The van der Waals surface area contributed by atoms with Gasteiger partial charge in [0.15, 0.2) is 0 Å². The maximum Gasteiger partial charge on any atom is 0.427 e. The second-order valence-corrected chi connectivity index (χ2v) is 6.03. The van der Waals surface area contributed by atoms with Crippen molar-refractivity contribution >= 4 is 6.08 Å². The molecule has 0 spiro atoms. The molecule has 2 aromatic rings. The summed E-state index contributed by atoms with van der Waals surface area (Å²) in [5.41, 5.74) is 4.68. The van der Waals surface area contributed by atoms with Gasteiger partial charge >= 0.3 is 6.11 Å². The van der Waals surface area contributed by atoms with Gasteiger partial charge in [0.2, 0.25) is 0 Å². The predicted molar refractivity (Wildman–Crippen MR) is 91.2 cm³/mol. The van der Waals surface area contributed by atoms with Gasteiger partial charge in [-0.05, 0) is 80.1 Å². The molecule has 0 aliphatic rings. The fourth-order valence-electron chi connectivity index (χ4n) is 2.83. The number of alkyl halides is 2. The van der Waals surface area contributed by atoms with Crippen molar-refractivity contribution < 1.29 is 13.5 Å². The van der Waals surface area contributed by atoms with E-state index in [9.17, 15) is 8.78 Å². The summed E-state index contributed by atoms with van der Waals surface area (Å²) in [6.45, 7) is 12.8. The van der Waals surface area contributed by atoms with Crippen LogP contribution in [0.3, 0.4) is 0 Å². The van der Waals surface area contributed by atoms with Crippen LogP contribution >= 0.6 is 0 Å². The van der Waals surface area contributed by atoms with Crippen molar-refractivity contribution in [2.45, 2.75) is 40.7 Å². The van der Waals surface area contributed by atoms with Gasteiger partial charge in [-0.3, -0.25) is 0 Å². The van der Waals surface area contributed by atoms with E-state index in [4.69, 9.17) is 4.74 Å². The Bertz CT molecular complexity index is 714. The molecule has 3 heteroatoms. The molecule has 0 unspecified atom stereocenters. The minimum absolute atomic E-state index is 0.0843. The van der Waals surface area contributed by atoms with Gasteiger partial charge < -0.3 is 4.74 Å². The number of rotatable bonds is 4. The topological polar surface area (TPSA) is 9.23 Å². The number of halogens is 2. The van der Waals surface area contributed by atoms with E-state index in [0.717, 1.165) is 22.3 Å². The Hall–Kier alpha value is -2.16. The van der Waals surface area contributed by atoms with Crippen LogP contribution in [0.1, 0.15) is 38.9 Å². The standard InChI is InChI=1S/C20H22F2O/c1-7-17-8-14(4)19(15(5)9-17)20(21,22)23-18-10-12(2)16(6)13(3)11-18/h7-11H,1H2,2-6H3. The summed E-state index contributed by atoms with van der Waals surface area (Å²) in [7, 11) is 0. The fourth-order valence-corrected chi connectivity index (χ4v) is 2.83. The highest BCUT2D eigenvalue weighted by atomic mass is 19.3. The predicted octanol–water partition coefficient (Wildman–Crippen LogP) is 6.00. The Balaban J connectivity index is 2.45. The van der Waals surface area contributed by atoms with Gasteiger partial charge in [0.25, 0.3) is 0 Å². The maximum atomic E-state index is 14.7. The third-order valence-corrected chi connectivity index (χ3v) is 4.23. The third kappa shape index (κ3) is 3.44. The number of hydrogen-bond acceptors (Lipinski definition) is 1. The van der Waals surface area contributed by atoms with E-state index in [1.165, 1.54) is 0 Å². The Morgan fingerprint density at radius 2 is 1.35 bits per heavy atom. The molecule has 0 amide bonds. The van der Waals surface area contributed by atoms with Gasteiger partial charge in [-0.2, -0.15) is 8.78 Å². The van der Waals surface area contributed by atoms with E-state index in [0.29, 0.717) is 11.1 Å². The molecule has 0 saturated carbocycles. The normalized spacial score (nSPS) is 11.4. The fraction of sp³-hybridized carbons (Fsp3) is 0.300. The molecule has 1 nitrogen and oxygen atoms in total. The zero-order chi connectivity index (χ0) is 17.4. The summed E-state index contributed by atoms with van der Waals surface area (Å²) in [6.07, 6.45) is -1.74. The largest absolute Gasteiger partial charge is 0.429 e. The molecule has 0 aliphatic heterocycles. The van der Waals surface area contributed by atoms with Gasteiger partial charge in [0.05, 0.1) is 5.56 Å². The summed E-state index contributed by atoms with van der Waals surface area (Å²) in [6, 6.07) is 6.69. The summed E-state index contributed by atoms with van der Waals surface area (Å²) >= 11 is 0. The lowest BCUT2D eigenvalue weighted by atomic mass is 9.98. The molecule has 2 aromatic carbocycles. The summed E-state index contributed by atoms with van der Waals surface area (Å²) in [5, 5.41) is 0. The van der Waals surface area contributed by atoms with Crippen molar-refractivity contribution in [3.05, 3.63) is 69.8 Å². The first-order valence-corrected chi connectivity index (χ1v) is 7.54. The van der Waals surface area contributed by atoms with E-state index in [-0.39, 0.29) is 11.3 Å². The van der Waals surface area contributed by atoms with E-state index >= 15 is 0 Å². The quantitative estimate of drug-likeness (QED) is 0.672. The SMILES string of the molecule is C=Cc1cc(C)c(C(F)(F)Oc2cc(C)c(C)c(C)c2)c(C)c1. The average Bonchev–Trinajstić information content (AvgIpc) is 2.42. The van der Waals surface area contributed by atoms with Crippen molar-refractivity contribution in [2.75, 3.05) is 0 Å². The highest BCUT2D eigenvalue weighted by molar-refractivity contribution is 5.53. The molecule has 0 atom stereocenters. The number of ether oxygens (including phenoxy) is 1. The van der Waals surface area contributed by atoms with Gasteiger partial charge in [-0.15, -0.1) is 0 Å². The molecular weight excluding hydrogens is 294 g/mol. The molecule has 23 heavy (non-hydrogen) atoms. The van der Waals surface area contributed by atoms with Crippen LogP contribution < -0.4 is 4.74 Å². The second kappa shape index (κ2) is 6.15. The summed E-state index contributed by atoms with van der Waals surface area (Å²) in [4.78, 5) is 0. The molecular formula is C20H22F2O. The molecule has 122 valence electrons. The molecule has 2 rings (SSSR count). The van der Waals surface area contributed by atoms with Crippen LogP contribution in [0.15, 0.2) is 30.8 Å². The first kappa shape index (κ1) is 17.2.